The number of amides is 1. The Morgan fingerprint density at radius 2 is 1.84 bits per heavy atom. The quantitative estimate of drug-likeness (QED) is 0.465. The van der Waals surface area contributed by atoms with Crippen LogP contribution in [0, 0.1) is 0 Å². The molecule has 164 valence electrons. The van der Waals surface area contributed by atoms with E-state index < -0.39 is 34.9 Å². The summed E-state index contributed by atoms with van der Waals surface area (Å²) in [5, 5.41) is 6.65. The zero-order chi connectivity index (χ0) is 23.0. The number of nitrogens with one attached hydrogen (secondary N) is 1. The lowest BCUT2D eigenvalue weighted by molar-refractivity contribution is -0.137. The lowest BCUT2D eigenvalue weighted by Gasteiger charge is -2.17. The van der Waals surface area contributed by atoms with Crippen LogP contribution in [0.2, 0.25) is 5.02 Å². The first-order chi connectivity index (χ1) is 15.2. The third-order valence-corrected chi connectivity index (χ3v) is 5.08. The molecule has 0 aliphatic heterocycles. The van der Waals surface area contributed by atoms with Crippen molar-refractivity contribution in [1.82, 2.24) is 14.7 Å². The fraction of sp³-hybridized carbons (Fsp3) is 0.143. The summed E-state index contributed by atoms with van der Waals surface area (Å²) in [6.45, 7) is 1.37. The fourth-order valence-electron chi connectivity index (χ4n) is 3.14. The summed E-state index contributed by atoms with van der Waals surface area (Å²) >= 11 is 5.89. The van der Waals surface area contributed by atoms with Crippen LogP contribution in [0.5, 0.6) is 0 Å². The summed E-state index contributed by atoms with van der Waals surface area (Å²) in [6, 6.07) is 9.90. The Kier molecular flexibility index (Phi) is 5.47. The smallest absolute Gasteiger partial charge is 0.335 e. The Morgan fingerprint density at radius 1 is 1.16 bits per heavy atom. The molecule has 2 heterocycles. The Morgan fingerprint density at radius 3 is 2.53 bits per heavy atom. The largest absolute Gasteiger partial charge is 0.418 e. The van der Waals surface area contributed by atoms with Gasteiger partial charge < -0.3 is 9.84 Å². The van der Waals surface area contributed by atoms with E-state index in [-0.39, 0.29) is 16.8 Å². The third-order valence-electron chi connectivity index (χ3n) is 4.83. The van der Waals surface area contributed by atoms with Gasteiger partial charge in [-0.15, -0.1) is 0 Å². The van der Waals surface area contributed by atoms with Crippen LogP contribution >= 0.6 is 11.6 Å². The molecule has 0 saturated carbocycles. The maximum atomic E-state index is 13.2. The summed E-state index contributed by atoms with van der Waals surface area (Å²) < 4.78 is 45.8. The van der Waals surface area contributed by atoms with Gasteiger partial charge in [-0.25, -0.2) is 4.98 Å². The summed E-state index contributed by atoms with van der Waals surface area (Å²) in [5.41, 5.74) is -1.32. The molecule has 0 aliphatic rings. The normalized spacial score (nSPS) is 12.7. The Bertz CT molecular complexity index is 1360. The Balaban J connectivity index is 1.70. The van der Waals surface area contributed by atoms with E-state index in [0.29, 0.717) is 10.6 Å². The van der Waals surface area contributed by atoms with Crippen LogP contribution in [0.1, 0.15) is 18.5 Å². The number of para-hydroxylation sites is 1. The van der Waals surface area contributed by atoms with Crippen LogP contribution < -0.4 is 10.9 Å². The molecular weight excluding hydrogens is 449 g/mol. The predicted octanol–water partition coefficient (Wildman–Crippen LogP) is 4.92. The van der Waals surface area contributed by atoms with E-state index in [4.69, 9.17) is 16.1 Å². The van der Waals surface area contributed by atoms with Crippen molar-refractivity contribution in [3.05, 3.63) is 75.8 Å². The zero-order valence-electron chi connectivity index (χ0n) is 16.4. The van der Waals surface area contributed by atoms with Crippen LogP contribution in [0.4, 0.5) is 18.9 Å². The van der Waals surface area contributed by atoms with Gasteiger partial charge in [0.15, 0.2) is 0 Å². The minimum absolute atomic E-state index is 0.0326. The average molecular weight is 463 g/mol. The molecule has 32 heavy (non-hydrogen) atoms. The van der Waals surface area contributed by atoms with Gasteiger partial charge in [-0.1, -0.05) is 41.0 Å². The fourth-order valence-corrected chi connectivity index (χ4v) is 3.27. The number of anilines is 1. The van der Waals surface area contributed by atoms with Crippen molar-refractivity contribution in [1.29, 1.82) is 0 Å². The molecule has 0 bridgehead atoms. The highest BCUT2D eigenvalue weighted by molar-refractivity contribution is 6.30. The lowest BCUT2D eigenvalue weighted by Crippen LogP contribution is -2.32. The van der Waals surface area contributed by atoms with Gasteiger partial charge in [0.1, 0.15) is 23.4 Å². The molecule has 1 N–H and O–H groups in total. The number of hydrogen-bond acceptors (Lipinski definition) is 5. The van der Waals surface area contributed by atoms with Gasteiger partial charge in [0.2, 0.25) is 5.91 Å². The van der Waals surface area contributed by atoms with Gasteiger partial charge in [0.25, 0.3) is 11.3 Å². The number of rotatable bonds is 4. The number of carbonyl (C=O) groups excluding carboxylic acids is 1. The van der Waals surface area contributed by atoms with E-state index in [0.717, 1.165) is 23.0 Å². The van der Waals surface area contributed by atoms with Crippen molar-refractivity contribution in [3.63, 3.8) is 0 Å². The van der Waals surface area contributed by atoms with Gasteiger partial charge in [-0.2, -0.15) is 13.2 Å². The Labute approximate surface area is 183 Å². The summed E-state index contributed by atoms with van der Waals surface area (Å²) in [5.74, 6) is -0.825. The van der Waals surface area contributed by atoms with E-state index in [1.807, 2.05) is 0 Å². The first-order valence-electron chi connectivity index (χ1n) is 9.26. The number of nitrogens with zero attached hydrogens (tertiary/aromatic N) is 3. The topological polar surface area (TPSA) is 90.0 Å². The first kappa shape index (κ1) is 21.6. The number of fused-ring (bicyclic) bond motifs is 1. The molecule has 4 aromatic rings. The molecular formula is C21H14ClF3N4O3. The number of hydrogen-bond donors (Lipinski definition) is 1. The molecule has 0 unspecified atom stereocenters. The second kappa shape index (κ2) is 8.12. The van der Waals surface area contributed by atoms with Gasteiger partial charge in [-0.3, -0.25) is 14.2 Å². The number of alkyl halides is 3. The molecule has 0 fully saturated rings. The van der Waals surface area contributed by atoms with Crippen LogP contribution in [-0.4, -0.2) is 20.6 Å². The maximum Gasteiger partial charge on any atom is 0.418 e. The van der Waals surface area contributed by atoms with Gasteiger partial charge in [0.05, 0.1) is 11.3 Å². The molecule has 0 saturated heterocycles. The van der Waals surface area contributed by atoms with Gasteiger partial charge in [-0.05, 0) is 31.2 Å². The molecule has 4 rings (SSSR count). The second-order valence-corrected chi connectivity index (χ2v) is 7.32. The molecule has 1 atom stereocenters. The molecule has 7 nitrogen and oxygen atoms in total. The minimum Gasteiger partial charge on any atom is -0.335 e. The summed E-state index contributed by atoms with van der Waals surface area (Å²) in [6.07, 6.45) is -3.57. The zero-order valence-corrected chi connectivity index (χ0v) is 17.1. The predicted molar refractivity (Wildman–Crippen MR) is 111 cm³/mol. The van der Waals surface area contributed by atoms with Crippen LogP contribution in [0.15, 0.2) is 64.2 Å². The molecule has 1 amide bonds. The van der Waals surface area contributed by atoms with Crippen molar-refractivity contribution in [2.75, 3.05) is 5.32 Å². The maximum absolute atomic E-state index is 13.2. The van der Waals surface area contributed by atoms with E-state index in [1.54, 1.807) is 24.3 Å². The number of halogens is 4. The Hall–Kier alpha value is -3.66. The minimum atomic E-state index is -4.65. The van der Waals surface area contributed by atoms with E-state index in [9.17, 15) is 22.8 Å². The highest BCUT2D eigenvalue weighted by atomic mass is 35.5. The molecule has 2 aromatic carbocycles. The van der Waals surface area contributed by atoms with Crippen molar-refractivity contribution in [2.45, 2.75) is 19.1 Å². The molecule has 0 aliphatic carbocycles. The van der Waals surface area contributed by atoms with Crippen LogP contribution in [0.25, 0.3) is 22.4 Å². The van der Waals surface area contributed by atoms with E-state index in [1.165, 1.54) is 19.1 Å². The van der Waals surface area contributed by atoms with Gasteiger partial charge >= 0.3 is 6.18 Å². The summed E-state index contributed by atoms with van der Waals surface area (Å²) in [7, 11) is 0. The van der Waals surface area contributed by atoms with Crippen molar-refractivity contribution >= 4 is 34.3 Å². The van der Waals surface area contributed by atoms with E-state index in [2.05, 4.69) is 15.5 Å². The first-order valence-corrected chi connectivity index (χ1v) is 9.64. The van der Waals surface area contributed by atoms with Gasteiger partial charge in [0, 0.05) is 10.6 Å². The van der Waals surface area contributed by atoms with Crippen molar-refractivity contribution in [3.8, 4) is 11.3 Å². The molecule has 0 spiro atoms. The second-order valence-electron chi connectivity index (χ2n) is 6.88. The number of benzene rings is 2. The summed E-state index contributed by atoms with van der Waals surface area (Å²) in [4.78, 5) is 29.8. The lowest BCUT2D eigenvalue weighted by atomic mass is 10.1. The number of aromatic nitrogens is 3. The highest BCUT2D eigenvalue weighted by Crippen LogP contribution is 2.35. The van der Waals surface area contributed by atoms with Crippen LogP contribution in [-0.2, 0) is 11.0 Å². The van der Waals surface area contributed by atoms with Crippen molar-refractivity contribution < 1.29 is 22.5 Å². The van der Waals surface area contributed by atoms with Crippen LogP contribution in [0.3, 0.4) is 0 Å². The van der Waals surface area contributed by atoms with E-state index >= 15 is 0 Å². The van der Waals surface area contributed by atoms with Crippen molar-refractivity contribution in [2.24, 2.45) is 0 Å². The molecule has 0 radical (unpaired) electrons. The monoisotopic (exact) mass is 462 g/mol. The number of carbonyl (C=O) groups is 1. The average Bonchev–Trinajstić information content (AvgIpc) is 3.19. The standard InChI is InChI=1S/C21H14ClF3N4O3/c1-11(18(30)27-15-5-3-2-4-14(15)21(23,24)25)29-10-26-19-16(20(29)31)17(28-32-19)12-6-8-13(22)9-7-12/h2-11H,1H3,(H,27,30)/t11-/m0/s1. The molecule has 11 heteroatoms. The third kappa shape index (κ3) is 3.96. The highest BCUT2D eigenvalue weighted by Gasteiger charge is 2.34. The molecule has 2 aromatic heterocycles. The SMILES string of the molecule is C[C@@H](C(=O)Nc1ccccc1C(F)(F)F)n1cnc2onc(-c3ccc(Cl)cc3)c2c1=O.